The third kappa shape index (κ3) is 2.44. The number of hydrogen-bond donors (Lipinski definition) is 1. The molecule has 1 saturated heterocycles. The molecule has 2 aromatic rings. The first-order chi connectivity index (χ1) is 10.8. The molecule has 1 aliphatic carbocycles. The van der Waals surface area contributed by atoms with Gasteiger partial charge in [0.05, 0.1) is 13.2 Å². The lowest BCUT2D eigenvalue weighted by Gasteiger charge is -2.14. The van der Waals surface area contributed by atoms with Gasteiger partial charge < -0.3 is 15.2 Å². The van der Waals surface area contributed by atoms with Crippen molar-refractivity contribution in [2.45, 2.75) is 31.8 Å². The van der Waals surface area contributed by atoms with Crippen molar-refractivity contribution in [3.05, 3.63) is 41.6 Å². The quantitative estimate of drug-likeness (QED) is 0.885. The van der Waals surface area contributed by atoms with Crippen molar-refractivity contribution in [3.63, 3.8) is 0 Å². The zero-order valence-electron chi connectivity index (χ0n) is 12.5. The SMILES string of the molecule is Nc1c(-c2ccnc(OC3CCOC3)c2)ccc2c1CCC2. The van der Waals surface area contributed by atoms with Crippen LogP contribution in [0, 0.1) is 0 Å². The fourth-order valence-corrected chi connectivity index (χ4v) is 3.36. The number of fused-ring (bicyclic) bond motifs is 1. The number of nitrogen functional groups attached to an aromatic ring is 1. The summed E-state index contributed by atoms with van der Waals surface area (Å²) in [5, 5.41) is 0. The Hall–Kier alpha value is -2.07. The van der Waals surface area contributed by atoms with Crippen LogP contribution in [0.5, 0.6) is 5.88 Å². The standard InChI is InChI=1S/C18H20N2O2/c19-18-15-3-1-2-12(15)4-5-16(18)13-6-8-20-17(10-13)22-14-7-9-21-11-14/h4-6,8,10,14H,1-3,7,9,11,19H2. The maximum absolute atomic E-state index is 6.40. The number of anilines is 1. The molecule has 1 aromatic carbocycles. The van der Waals surface area contributed by atoms with Gasteiger partial charge in [-0.25, -0.2) is 4.98 Å². The Morgan fingerprint density at radius 1 is 1.23 bits per heavy atom. The zero-order chi connectivity index (χ0) is 14.9. The normalized spacial score (nSPS) is 20.1. The van der Waals surface area contributed by atoms with Crippen LogP contribution in [0.2, 0.25) is 0 Å². The lowest BCUT2D eigenvalue weighted by Crippen LogP contribution is -2.16. The van der Waals surface area contributed by atoms with E-state index in [1.165, 1.54) is 17.5 Å². The molecule has 22 heavy (non-hydrogen) atoms. The fraction of sp³-hybridized carbons (Fsp3) is 0.389. The van der Waals surface area contributed by atoms with Crippen LogP contribution < -0.4 is 10.5 Å². The first kappa shape index (κ1) is 13.6. The summed E-state index contributed by atoms with van der Waals surface area (Å²) in [6, 6.07) is 8.30. The molecule has 4 nitrogen and oxygen atoms in total. The second kappa shape index (κ2) is 5.61. The van der Waals surface area contributed by atoms with Crippen LogP contribution in [0.1, 0.15) is 24.0 Å². The average molecular weight is 296 g/mol. The van der Waals surface area contributed by atoms with Crippen LogP contribution in [0.15, 0.2) is 30.5 Å². The highest BCUT2D eigenvalue weighted by Crippen LogP contribution is 2.36. The predicted octanol–water partition coefficient (Wildman–Crippen LogP) is 2.99. The molecule has 1 aliphatic heterocycles. The second-order valence-corrected chi connectivity index (χ2v) is 6.00. The van der Waals surface area contributed by atoms with Gasteiger partial charge >= 0.3 is 0 Å². The van der Waals surface area contributed by atoms with Crippen LogP contribution in [0.25, 0.3) is 11.1 Å². The highest BCUT2D eigenvalue weighted by molar-refractivity contribution is 5.80. The van der Waals surface area contributed by atoms with E-state index in [2.05, 4.69) is 17.1 Å². The largest absolute Gasteiger partial charge is 0.472 e. The van der Waals surface area contributed by atoms with Crippen molar-refractivity contribution >= 4 is 5.69 Å². The molecule has 2 aliphatic rings. The summed E-state index contributed by atoms with van der Waals surface area (Å²) in [6.07, 6.45) is 6.25. The number of benzene rings is 1. The van der Waals surface area contributed by atoms with Gasteiger partial charge in [-0.1, -0.05) is 12.1 Å². The van der Waals surface area contributed by atoms with E-state index < -0.39 is 0 Å². The minimum Gasteiger partial charge on any atom is -0.472 e. The smallest absolute Gasteiger partial charge is 0.214 e. The molecule has 0 spiro atoms. The van der Waals surface area contributed by atoms with Crippen molar-refractivity contribution in [1.82, 2.24) is 4.98 Å². The highest BCUT2D eigenvalue weighted by atomic mass is 16.5. The summed E-state index contributed by atoms with van der Waals surface area (Å²) in [4.78, 5) is 4.31. The predicted molar refractivity (Wildman–Crippen MR) is 86.0 cm³/mol. The molecule has 4 rings (SSSR count). The van der Waals surface area contributed by atoms with Crippen LogP contribution in [0.4, 0.5) is 5.69 Å². The summed E-state index contributed by atoms with van der Waals surface area (Å²) in [5.74, 6) is 0.646. The summed E-state index contributed by atoms with van der Waals surface area (Å²) >= 11 is 0. The molecule has 1 unspecified atom stereocenters. The third-order valence-corrected chi connectivity index (χ3v) is 4.55. The number of nitrogens with zero attached hydrogens (tertiary/aromatic N) is 1. The number of ether oxygens (including phenoxy) is 2. The van der Waals surface area contributed by atoms with Gasteiger partial charge in [0, 0.05) is 29.9 Å². The zero-order valence-corrected chi connectivity index (χ0v) is 12.5. The molecule has 1 fully saturated rings. The number of aryl methyl sites for hydroxylation is 1. The summed E-state index contributed by atoms with van der Waals surface area (Å²) in [6.45, 7) is 1.41. The number of aromatic nitrogens is 1. The van der Waals surface area contributed by atoms with E-state index in [4.69, 9.17) is 15.2 Å². The van der Waals surface area contributed by atoms with Gasteiger partial charge in [-0.15, -0.1) is 0 Å². The molecule has 0 radical (unpaired) electrons. The molecule has 2 N–H and O–H groups in total. The molecule has 1 aromatic heterocycles. The Balaban J connectivity index is 1.65. The molecular weight excluding hydrogens is 276 g/mol. The minimum absolute atomic E-state index is 0.111. The lowest BCUT2D eigenvalue weighted by molar-refractivity contribution is 0.138. The molecule has 0 amide bonds. The van der Waals surface area contributed by atoms with Gasteiger partial charge in [-0.05, 0) is 42.0 Å². The van der Waals surface area contributed by atoms with Gasteiger partial charge in [-0.2, -0.15) is 0 Å². The Morgan fingerprint density at radius 2 is 2.18 bits per heavy atom. The number of nitrogens with two attached hydrogens (primary N) is 1. The van der Waals surface area contributed by atoms with E-state index in [0.29, 0.717) is 12.5 Å². The number of hydrogen-bond acceptors (Lipinski definition) is 4. The van der Waals surface area contributed by atoms with Gasteiger partial charge in [-0.3, -0.25) is 0 Å². The molecule has 0 bridgehead atoms. The monoisotopic (exact) mass is 296 g/mol. The Bertz CT molecular complexity index is 693. The topological polar surface area (TPSA) is 57.4 Å². The van der Waals surface area contributed by atoms with E-state index in [1.807, 2.05) is 12.1 Å². The summed E-state index contributed by atoms with van der Waals surface area (Å²) in [5.41, 5.74) is 12.2. The van der Waals surface area contributed by atoms with E-state index in [0.717, 1.165) is 42.7 Å². The van der Waals surface area contributed by atoms with Crippen LogP contribution >= 0.6 is 0 Å². The van der Waals surface area contributed by atoms with Crippen molar-refractivity contribution in [2.24, 2.45) is 0 Å². The lowest BCUT2D eigenvalue weighted by atomic mass is 9.98. The molecule has 114 valence electrons. The van der Waals surface area contributed by atoms with Gasteiger partial charge in [0.25, 0.3) is 0 Å². The highest BCUT2D eigenvalue weighted by Gasteiger charge is 2.19. The van der Waals surface area contributed by atoms with Crippen molar-refractivity contribution in [1.29, 1.82) is 0 Å². The Labute approximate surface area is 130 Å². The van der Waals surface area contributed by atoms with E-state index >= 15 is 0 Å². The van der Waals surface area contributed by atoms with E-state index in [1.54, 1.807) is 6.20 Å². The van der Waals surface area contributed by atoms with Gasteiger partial charge in [0.15, 0.2) is 0 Å². The fourth-order valence-electron chi connectivity index (χ4n) is 3.36. The molecule has 4 heteroatoms. The van der Waals surface area contributed by atoms with Crippen molar-refractivity contribution in [3.8, 4) is 17.0 Å². The Kier molecular flexibility index (Phi) is 3.47. The van der Waals surface area contributed by atoms with Crippen molar-refractivity contribution in [2.75, 3.05) is 18.9 Å². The van der Waals surface area contributed by atoms with Crippen molar-refractivity contribution < 1.29 is 9.47 Å². The first-order valence-corrected chi connectivity index (χ1v) is 7.92. The van der Waals surface area contributed by atoms with Gasteiger partial charge in [0.2, 0.25) is 5.88 Å². The number of rotatable bonds is 3. The van der Waals surface area contributed by atoms with Crippen LogP contribution in [-0.2, 0) is 17.6 Å². The third-order valence-electron chi connectivity index (χ3n) is 4.55. The van der Waals surface area contributed by atoms with E-state index in [-0.39, 0.29) is 6.10 Å². The second-order valence-electron chi connectivity index (χ2n) is 6.00. The molecule has 2 heterocycles. The summed E-state index contributed by atoms with van der Waals surface area (Å²) in [7, 11) is 0. The first-order valence-electron chi connectivity index (χ1n) is 7.92. The summed E-state index contributed by atoms with van der Waals surface area (Å²) < 4.78 is 11.2. The molecule has 1 atom stereocenters. The maximum Gasteiger partial charge on any atom is 0.214 e. The van der Waals surface area contributed by atoms with Crippen LogP contribution in [-0.4, -0.2) is 24.3 Å². The minimum atomic E-state index is 0.111. The van der Waals surface area contributed by atoms with E-state index in [9.17, 15) is 0 Å². The maximum atomic E-state index is 6.40. The van der Waals surface area contributed by atoms with Gasteiger partial charge in [0.1, 0.15) is 6.10 Å². The average Bonchev–Trinajstić information content (AvgIpc) is 3.19. The molecular formula is C18H20N2O2. The molecule has 0 saturated carbocycles. The van der Waals surface area contributed by atoms with Crippen LogP contribution in [0.3, 0.4) is 0 Å². The number of pyridine rings is 1. The Morgan fingerprint density at radius 3 is 3.05 bits per heavy atom.